The Morgan fingerprint density at radius 1 is 1.47 bits per heavy atom. The van der Waals surface area contributed by atoms with Crippen LogP contribution in [0.2, 0.25) is 0 Å². The molecule has 2 rings (SSSR count). The van der Waals surface area contributed by atoms with Crippen molar-refractivity contribution in [1.82, 2.24) is 15.0 Å². The van der Waals surface area contributed by atoms with Gasteiger partial charge in [0.25, 0.3) is 0 Å². The lowest BCUT2D eigenvalue weighted by Gasteiger charge is -2.36. The molecule has 108 valence electrons. The van der Waals surface area contributed by atoms with Gasteiger partial charge in [0.05, 0.1) is 12.0 Å². The first-order valence-corrected chi connectivity index (χ1v) is 6.55. The van der Waals surface area contributed by atoms with Crippen molar-refractivity contribution in [2.24, 2.45) is 5.92 Å². The van der Waals surface area contributed by atoms with Crippen molar-refractivity contribution in [3.05, 3.63) is 11.7 Å². The summed E-state index contributed by atoms with van der Waals surface area (Å²) in [6, 6.07) is -0.266. The first-order chi connectivity index (χ1) is 8.91. The molecule has 1 aliphatic rings. The average Bonchev–Trinajstić information content (AvgIpc) is 2.86. The molecular formula is C12H18F3N3O. The highest BCUT2D eigenvalue weighted by atomic mass is 19.4. The molecule has 7 heteroatoms. The Kier molecular flexibility index (Phi) is 4.13. The topological polar surface area (TPSA) is 42.2 Å². The van der Waals surface area contributed by atoms with Crippen LogP contribution in [-0.2, 0) is 6.42 Å². The molecule has 0 saturated carbocycles. The number of alkyl halides is 3. The Hall–Kier alpha value is -1.11. The van der Waals surface area contributed by atoms with Gasteiger partial charge >= 0.3 is 6.18 Å². The van der Waals surface area contributed by atoms with Crippen LogP contribution in [0.1, 0.15) is 44.4 Å². The number of aryl methyl sites for hydroxylation is 1. The Labute approximate surface area is 110 Å². The first-order valence-electron chi connectivity index (χ1n) is 6.55. The molecule has 1 saturated heterocycles. The predicted molar refractivity (Wildman–Crippen MR) is 62.4 cm³/mol. The fourth-order valence-corrected chi connectivity index (χ4v) is 2.36. The number of likely N-dealkylation sites (tertiary alicyclic amines) is 1. The largest absolute Gasteiger partial charge is 0.393 e. The molecule has 4 nitrogen and oxygen atoms in total. The minimum Gasteiger partial charge on any atom is -0.338 e. The molecule has 1 aliphatic heterocycles. The van der Waals surface area contributed by atoms with E-state index in [0.717, 1.165) is 0 Å². The first kappa shape index (κ1) is 14.3. The van der Waals surface area contributed by atoms with Gasteiger partial charge in [0.15, 0.2) is 5.82 Å². The fourth-order valence-electron chi connectivity index (χ4n) is 2.36. The van der Waals surface area contributed by atoms with Gasteiger partial charge in [-0.25, -0.2) is 0 Å². The molecule has 1 aromatic heterocycles. The second-order valence-corrected chi connectivity index (χ2v) is 4.95. The second kappa shape index (κ2) is 5.48. The summed E-state index contributed by atoms with van der Waals surface area (Å²) in [4.78, 5) is 5.96. The zero-order chi connectivity index (χ0) is 14.0. The van der Waals surface area contributed by atoms with Gasteiger partial charge in [-0.1, -0.05) is 12.1 Å². The lowest BCUT2D eigenvalue weighted by atomic mass is 9.96. The van der Waals surface area contributed by atoms with Crippen molar-refractivity contribution >= 4 is 0 Å². The summed E-state index contributed by atoms with van der Waals surface area (Å²) in [6.45, 7) is 4.36. The van der Waals surface area contributed by atoms with Crippen LogP contribution >= 0.6 is 0 Å². The molecular weight excluding hydrogens is 259 g/mol. The normalized spacial score (nSPS) is 23.5. The average molecular weight is 277 g/mol. The number of piperidine rings is 1. The zero-order valence-electron chi connectivity index (χ0n) is 11.1. The van der Waals surface area contributed by atoms with Crippen LogP contribution in [0.25, 0.3) is 0 Å². The van der Waals surface area contributed by atoms with E-state index in [0.29, 0.717) is 31.1 Å². The van der Waals surface area contributed by atoms with E-state index >= 15 is 0 Å². The lowest BCUT2D eigenvalue weighted by molar-refractivity contribution is -0.188. The van der Waals surface area contributed by atoms with Crippen LogP contribution < -0.4 is 0 Å². The van der Waals surface area contributed by atoms with Gasteiger partial charge in [0.2, 0.25) is 5.89 Å². The van der Waals surface area contributed by atoms with Crippen LogP contribution in [0.3, 0.4) is 0 Å². The van der Waals surface area contributed by atoms with Gasteiger partial charge < -0.3 is 4.52 Å². The number of aromatic nitrogens is 2. The standard InChI is InChI=1S/C12H18F3N3O/c1-3-10-16-11(19-17-10)8(2)18-6-4-5-9(7-18)12(13,14)15/h8-9H,3-7H2,1-2H3. The highest BCUT2D eigenvalue weighted by Gasteiger charge is 2.43. The van der Waals surface area contributed by atoms with Gasteiger partial charge in [-0.15, -0.1) is 0 Å². The summed E-state index contributed by atoms with van der Waals surface area (Å²) in [7, 11) is 0. The molecule has 2 atom stereocenters. The van der Waals surface area contributed by atoms with Crippen LogP contribution in [0.15, 0.2) is 4.52 Å². The predicted octanol–water partition coefficient (Wildman–Crippen LogP) is 2.97. The molecule has 0 amide bonds. The third kappa shape index (κ3) is 3.26. The van der Waals surface area contributed by atoms with Gasteiger partial charge in [-0.2, -0.15) is 18.2 Å². The highest BCUT2D eigenvalue weighted by molar-refractivity contribution is 4.93. The smallest absolute Gasteiger partial charge is 0.338 e. The van der Waals surface area contributed by atoms with E-state index < -0.39 is 12.1 Å². The Morgan fingerprint density at radius 2 is 2.21 bits per heavy atom. The van der Waals surface area contributed by atoms with Gasteiger partial charge in [-0.3, -0.25) is 4.90 Å². The fraction of sp³-hybridized carbons (Fsp3) is 0.833. The van der Waals surface area contributed by atoms with E-state index in [-0.39, 0.29) is 19.0 Å². The molecule has 2 heterocycles. The van der Waals surface area contributed by atoms with Gasteiger partial charge in [0, 0.05) is 13.0 Å². The van der Waals surface area contributed by atoms with Crippen molar-refractivity contribution in [2.75, 3.05) is 13.1 Å². The summed E-state index contributed by atoms with van der Waals surface area (Å²) < 4.78 is 43.4. The molecule has 0 aromatic carbocycles. The maximum Gasteiger partial charge on any atom is 0.393 e. The zero-order valence-corrected chi connectivity index (χ0v) is 11.1. The monoisotopic (exact) mass is 277 g/mol. The molecule has 19 heavy (non-hydrogen) atoms. The number of hydrogen-bond acceptors (Lipinski definition) is 4. The number of rotatable bonds is 3. The minimum absolute atomic E-state index is 0.00844. The van der Waals surface area contributed by atoms with Crippen LogP contribution in [-0.4, -0.2) is 34.3 Å². The van der Waals surface area contributed by atoms with E-state index in [9.17, 15) is 13.2 Å². The lowest BCUT2D eigenvalue weighted by Crippen LogP contribution is -2.42. The third-order valence-corrected chi connectivity index (χ3v) is 3.62. The molecule has 0 N–H and O–H groups in total. The Bertz CT molecular complexity index is 419. The Morgan fingerprint density at radius 3 is 2.79 bits per heavy atom. The maximum atomic E-state index is 12.8. The van der Waals surface area contributed by atoms with E-state index in [1.54, 1.807) is 4.90 Å². The summed E-state index contributed by atoms with van der Waals surface area (Å²) in [5, 5.41) is 3.78. The SMILES string of the molecule is CCc1noc(C(C)N2CCCC(C(F)(F)F)C2)n1. The molecule has 0 spiro atoms. The van der Waals surface area contributed by atoms with Crippen LogP contribution in [0.5, 0.6) is 0 Å². The number of hydrogen-bond donors (Lipinski definition) is 0. The summed E-state index contributed by atoms with van der Waals surface area (Å²) in [6.07, 6.45) is -2.72. The molecule has 2 unspecified atom stereocenters. The molecule has 0 radical (unpaired) electrons. The quantitative estimate of drug-likeness (QED) is 0.852. The van der Waals surface area contributed by atoms with Gasteiger partial charge in [-0.05, 0) is 26.3 Å². The number of halogens is 3. The second-order valence-electron chi connectivity index (χ2n) is 4.95. The van der Waals surface area contributed by atoms with Crippen molar-refractivity contribution in [2.45, 2.75) is 45.3 Å². The van der Waals surface area contributed by atoms with E-state index in [1.807, 2.05) is 13.8 Å². The minimum atomic E-state index is -4.12. The summed E-state index contributed by atoms with van der Waals surface area (Å²) in [5.41, 5.74) is 0. The van der Waals surface area contributed by atoms with Crippen LogP contribution in [0, 0.1) is 5.92 Å². The van der Waals surface area contributed by atoms with E-state index in [4.69, 9.17) is 4.52 Å². The molecule has 1 fully saturated rings. The van der Waals surface area contributed by atoms with E-state index in [1.165, 1.54) is 0 Å². The number of nitrogens with zero attached hydrogens (tertiary/aromatic N) is 3. The Balaban J connectivity index is 2.04. The summed E-state index contributed by atoms with van der Waals surface area (Å²) >= 11 is 0. The van der Waals surface area contributed by atoms with E-state index in [2.05, 4.69) is 10.1 Å². The van der Waals surface area contributed by atoms with Crippen LogP contribution in [0.4, 0.5) is 13.2 Å². The molecule has 1 aromatic rings. The highest BCUT2D eigenvalue weighted by Crippen LogP contribution is 2.35. The maximum absolute atomic E-state index is 12.8. The van der Waals surface area contributed by atoms with Crippen molar-refractivity contribution in [3.63, 3.8) is 0 Å². The molecule has 0 aliphatic carbocycles. The van der Waals surface area contributed by atoms with Crippen molar-refractivity contribution in [1.29, 1.82) is 0 Å². The van der Waals surface area contributed by atoms with Crippen molar-refractivity contribution < 1.29 is 17.7 Å². The van der Waals surface area contributed by atoms with Gasteiger partial charge in [0.1, 0.15) is 0 Å². The molecule has 0 bridgehead atoms. The summed E-state index contributed by atoms with van der Waals surface area (Å²) in [5.74, 6) is -0.261. The van der Waals surface area contributed by atoms with Crippen molar-refractivity contribution in [3.8, 4) is 0 Å². The third-order valence-electron chi connectivity index (χ3n) is 3.62.